The first-order valence-electron chi connectivity index (χ1n) is 10.5. The van der Waals surface area contributed by atoms with Crippen molar-refractivity contribution in [1.82, 2.24) is 4.90 Å². The van der Waals surface area contributed by atoms with Crippen molar-refractivity contribution in [1.29, 1.82) is 0 Å². The Bertz CT molecular complexity index is 1130. The van der Waals surface area contributed by atoms with Crippen molar-refractivity contribution < 1.29 is 24.0 Å². The maximum atomic E-state index is 13.6. The molecule has 0 bridgehead atoms. The van der Waals surface area contributed by atoms with E-state index in [1.54, 1.807) is 24.3 Å². The summed E-state index contributed by atoms with van der Waals surface area (Å²) in [5.41, 5.74) is 0.287. The third-order valence-electron chi connectivity index (χ3n) is 6.79. The summed E-state index contributed by atoms with van der Waals surface area (Å²) in [5.74, 6) is -2.43. The number of carbonyl (C=O) groups is 3. The van der Waals surface area contributed by atoms with Crippen LogP contribution in [0, 0.1) is 22.0 Å². The lowest BCUT2D eigenvalue weighted by molar-refractivity contribution is -0.384. The van der Waals surface area contributed by atoms with Crippen LogP contribution in [0.4, 0.5) is 11.4 Å². The van der Waals surface area contributed by atoms with E-state index in [0.717, 1.165) is 17.7 Å². The summed E-state index contributed by atoms with van der Waals surface area (Å²) >= 11 is 0. The lowest BCUT2D eigenvalue weighted by Gasteiger charge is -2.28. The Morgan fingerprint density at radius 1 is 1.09 bits per heavy atom. The molecule has 0 saturated carbocycles. The molecule has 2 aromatic carbocycles. The van der Waals surface area contributed by atoms with Gasteiger partial charge in [-0.05, 0) is 25.5 Å². The maximum Gasteiger partial charge on any atom is 0.271 e. The van der Waals surface area contributed by atoms with Gasteiger partial charge in [0.25, 0.3) is 5.69 Å². The van der Waals surface area contributed by atoms with Crippen LogP contribution in [0.5, 0.6) is 5.75 Å². The molecule has 2 aromatic rings. The molecular weight excluding hydrogens is 414 g/mol. The maximum absolute atomic E-state index is 13.6. The van der Waals surface area contributed by atoms with Gasteiger partial charge in [-0.1, -0.05) is 30.3 Å². The zero-order valence-electron chi connectivity index (χ0n) is 17.3. The Morgan fingerprint density at radius 2 is 1.81 bits per heavy atom. The number of carbonyl (C=O) groups excluding carboxylic acids is 3. The second-order valence-corrected chi connectivity index (χ2v) is 8.30. The number of nitro benzene ring substituents is 1. The summed E-state index contributed by atoms with van der Waals surface area (Å²) < 4.78 is 5.30. The highest BCUT2D eigenvalue weighted by Crippen LogP contribution is 2.49. The van der Waals surface area contributed by atoms with Gasteiger partial charge in [0.2, 0.25) is 11.8 Å². The van der Waals surface area contributed by atoms with E-state index in [1.807, 2.05) is 11.0 Å². The second-order valence-electron chi connectivity index (χ2n) is 8.30. The average Bonchev–Trinajstić information content (AvgIpc) is 3.45. The van der Waals surface area contributed by atoms with Crippen molar-refractivity contribution in [3.63, 3.8) is 0 Å². The van der Waals surface area contributed by atoms with Crippen LogP contribution in [0.25, 0.3) is 0 Å². The van der Waals surface area contributed by atoms with Crippen molar-refractivity contribution in [2.24, 2.45) is 11.8 Å². The van der Waals surface area contributed by atoms with Crippen molar-refractivity contribution in [3.05, 3.63) is 64.2 Å². The second kappa shape index (κ2) is 7.52. The topological polar surface area (TPSA) is 110 Å². The molecule has 5 rings (SSSR count). The number of imide groups is 1. The first-order chi connectivity index (χ1) is 15.4. The molecule has 3 heterocycles. The number of methoxy groups -OCH3 is 1. The SMILES string of the molecule is COc1ccc([N+](=O)[O-])cc1N1C(=O)C2C(C1=O)C(C(=O)c1ccccc1)N1CCCC21. The predicted octanol–water partition coefficient (Wildman–Crippen LogP) is 2.44. The Morgan fingerprint density at radius 3 is 2.50 bits per heavy atom. The third kappa shape index (κ3) is 2.85. The van der Waals surface area contributed by atoms with E-state index in [-0.39, 0.29) is 28.9 Å². The molecule has 4 atom stereocenters. The van der Waals surface area contributed by atoms with Gasteiger partial charge in [-0.15, -0.1) is 0 Å². The van der Waals surface area contributed by atoms with E-state index in [1.165, 1.54) is 25.3 Å². The van der Waals surface area contributed by atoms with Gasteiger partial charge in [0.1, 0.15) is 11.4 Å². The largest absolute Gasteiger partial charge is 0.495 e. The molecule has 3 aliphatic rings. The van der Waals surface area contributed by atoms with Gasteiger partial charge in [0.15, 0.2) is 5.78 Å². The Labute approximate surface area is 183 Å². The Balaban J connectivity index is 1.59. The molecule has 2 amide bonds. The highest BCUT2D eigenvalue weighted by Gasteiger charge is 2.65. The minimum atomic E-state index is -0.829. The molecule has 0 aliphatic carbocycles. The normalized spacial score (nSPS) is 26.8. The summed E-state index contributed by atoms with van der Waals surface area (Å²) in [4.78, 5) is 54.3. The van der Waals surface area contributed by atoms with Gasteiger partial charge in [-0.3, -0.25) is 29.4 Å². The minimum absolute atomic E-state index is 0.0431. The monoisotopic (exact) mass is 435 g/mol. The van der Waals surface area contributed by atoms with E-state index >= 15 is 0 Å². The Hall–Kier alpha value is -3.59. The van der Waals surface area contributed by atoms with E-state index < -0.39 is 34.6 Å². The number of nitro groups is 1. The fourth-order valence-corrected chi connectivity index (χ4v) is 5.49. The van der Waals surface area contributed by atoms with Crippen molar-refractivity contribution in [3.8, 4) is 5.75 Å². The number of hydrogen-bond acceptors (Lipinski definition) is 7. The van der Waals surface area contributed by atoms with Crippen LogP contribution in [0.15, 0.2) is 48.5 Å². The van der Waals surface area contributed by atoms with Gasteiger partial charge < -0.3 is 4.74 Å². The van der Waals surface area contributed by atoms with E-state index in [9.17, 15) is 24.5 Å². The van der Waals surface area contributed by atoms with Gasteiger partial charge >= 0.3 is 0 Å². The van der Waals surface area contributed by atoms with E-state index in [0.29, 0.717) is 12.1 Å². The molecule has 9 nitrogen and oxygen atoms in total. The number of ether oxygens (including phenoxy) is 1. The zero-order valence-corrected chi connectivity index (χ0v) is 17.3. The van der Waals surface area contributed by atoms with Crippen LogP contribution >= 0.6 is 0 Å². The fraction of sp³-hybridized carbons (Fsp3) is 0.348. The lowest BCUT2D eigenvalue weighted by Crippen LogP contribution is -2.46. The van der Waals surface area contributed by atoms with Crippen LogP contribution in [0.3, 0.4) is 0 Å². The number of nitrogens with zero attached hydrogens (tertiary/aromatic N) is 3. The zero-order chi connectivity index (χ0) is 22.6. The van der Waals surface area contributed by atoms with Gasteiger partial charge in [0, 0.05) is 23.7 Å². The van der Waals surface area contributed by atoms with Crippen LogP contribution in [0.1, 0.15) is 23.2 Å². The molecule has 0 radical (unpaired) electrons. The number of benzene rings is 2. The number of anilines is 1. The standard InChI is InChI=1S/C23H21N3O6/c1-32-17-10-9-14(26(30)31)12-16(17)25-22(28)18-15-8-5-11-24(15)20(19(18)23(25)29)21(27)13-6-3-2-4-7-13/h2-4,6-7,9-10,12,15,18-20H,5,8,11H2,1H3. The van der Waals surface area contributed by atoms with Crippen LogP contribution in [-0.4, -0.2) is 53.2 Å². The molecule has 32 heavy (non-hydrogen) atoms. The quantitative estimate of drug-likeness (QED) is 0.307. The number of amides is 2. The minimum Gasteiger partial charge on any atom is -0.495 e. The first kappa shape index (κ1) is 20.3. The van der Waals surface area contributed by atoms with E-state index in [2.05, 4.69) is 0 Å². The number of ketones is 1. The molecule has 0 N–H and O–H groups in total. The molecular formula is C23H21N3O6. The van der Waals surface area contributed by atoms with Gasteiger partial charge in [0.05, 0.1) is 29.9 Å². The lowest BCUT2D eigenvalue weighted by atomic mass is 9.85. The highest BCUT2D eigenvalue weighted by molar-refractivity contribution is 6.25. The number of non-ortho nitro benzene ring substituents is 1. The molecule has 4 unspecified atom stereocenters. The number of fused-ring (bicyclic) bond motifs is 3. The molecule has 0 aromatic heterocycles. The fourth-order valence-electron chi connectivity index (χ4n) is 5.49. The average molecular weight is 435 g/mol. The summed E-state index contributed by atoms with van der Waals surface area (Å²) in [5, 5.41) is 11.3. The van der Waals surface area contributed by atoms with Gasteiger partial charge in [-0.2, -0.15) is 0 Å². The summed E-state index contributed by atoms with van der Waals surface area (Å²) in [7, 11) is 1.37. The first-order valence-corrected chi connectivity index (χ1v) is 10.5. The van der Waals surface area contributed by atoms with Crippen LogP contribution in [0.2, 0.25) is 0 Å². The van der Waals surface area contributed by atoms with Crippen LogP contribution < -0.4 is 9.64 Å². The number of Topliss-reactive ketones (excluding diaryl/α,β-unsaturated/α-hetero) is 1. The van der Waals surface area contributed by atoms with Crippen molar-refractivity contribution in [2.75, 3.05) is 18.6 Å². The van der Waals surface area contributed by atoms with Crippen molar-refractivity contribution in [2.45, 2.75) is 24.9 Å². The smallest absolute Gasteiger partial charge is 0.271 e. The van der Waals surface area contributed by atoms with Crippen LogP contribution in [-0.2, 0) is 9.59 Å². The molecule has 3 saturated heterocycles. The summed E-state index contributed by atoms with van der Waals surface area (Å²) in [6.45, 7) is 0.654. The molecule has 3 aliphatic heterocycles. The molecule has 164 valence electrons. The third-order valence-corrected chi connectivity index (χ3v) is 6.79. The predicted molar refractivity (Wildman–Crippen MR) is 113 cm³/mol. The Kier molecular flexibility index (Phi) is 4.78. The van der Waals surface area contributed by atoms with Crippen molar-refractivity contribution >= 4 is 29.0 Å². The van der Waals surface area contributed by atoms with E-state index in [4.69, 9.17) is 4.74 Å². The van der Waals surface area contributed by atoms with Gasteiger partial charge in [-0.25, -0.2) is 4.90 Å². The molecule has 9 heteroatoms. The summed E-state index contributed by atoms with van der Waals surface area (Å²) in [6.07, 6.45) is 1.56. The molecule has 0 spiro atoms. The number of rotatable bonds is 5. The summed E-state index contributed by atoms with van der Waals surface area (Å²) in [6, 6.07) is 11.6. The highest BCUT2D eigenvalue weighted by atomic mass is 16.6. The molecule has 3 fully saturated rings. The number of hydrogen-bond donors (Lipinski definition) is 0.